The average Bonchev–Trinajstić information content (AvgIpc) is 2.12. The Morgan fingerprint density at radius 2 is 1.62 bits per heavy atom. The molecule has 0 aliphatic carbocycles. The minimum atomic E-state index is 0.597. The van der Waals surface area contributed by atoms with Crippen molar-refractivity contribution in [2.75, 3.05) is 13.1 Å². The molecule has 0 saturated carbocycles. The van der Waals surface area contributed by atoms with E-state index in [2.05, 4.69) is 38.3 Å². The lowest BCUT2D eigenvalue weighted by atomic mass is 10.2. The summed E-state index contributed by atoms with van der Waals surface area (Å²) in [5.74, 6) is 0. The van der Waals surface area contributed by atoms with Crippen LogP contribution in [0.3, 0.4) is 0 Å². The molecule has 13 heavy (non-hydrogen) atoms. The Morgan fingerprint density at radius 1 is 0.923 bits per heavy atom. The van der Waals surface area contributed by atoms with Gasteiger partial charge in [-0.3, -0.25) is 0 Å². The predicted molar refractivity (Wildman–Crippen MR) is 60.1 cm³/mol. The van der Waals surface area contributed by atoms with Crippen LogP contribution in [0.1, 0.15) is 47.0 Å². The minimum Gasteiger partial charge on any atom is -0.313 e. The number of hydrogen-bond donors (Lipinski definition) is 2. The van der Waals surface area contributed by atoms with Gasteiger partial charge in [0.15, 0.2) is 0 Å². The Kier molecular flexibility index (Phi) is 8.46. The average molecular weight is 186 g/mol. The fourth-order valence-electron chi connectivity index (χ4n) is 1.38. The SMILES string of the molecule is CCCNC(C)CNC(C)CCC. The summed E-state index contributed by atoms with van der Waals surface area (Å²) in [6, 6.07) is 1.26. The van der Waals surface area contributed by atoms with Gasteiger partial charge in [0.25, 0.3) is 0 Å². The maximum Gasteiger partial charge on any atom is 0.0164 e. The van der Waals surface area contributed by atoms with Crippen LogP contribution in [0.15, 0.2) is 0 Å². The molecule has 0 fully saturated rings. The molecule has 0 radical (unpaired) electrons. The summed E-state index contributed by atoms with van der Waals surface area (Å²) < 4.78 is 0. The predicted octanol–water partition coefficient (Wildman–Crippen LogP) is 2.15. The molecule has 0 aromatic rings. The first-order valence-corrected chi connectivity index (χ1v) is 5.67. The molecule has 2 atom stereocenters. The lowest BCUT2D eigenvalue weighted by Crippen LogP contribution is -2.40. The van der Waals surface area contributed by atoms with Gasteiger partial charge < -0.3 is 10.6 Å². The van der Waals surface area contributed by atoms with E-state index < -0.39 is 0 Å². The van der Waals surface area contributed by atoms with Gasteiger partial charge in [0.05, 0.1) is 0 Å². The van der Waals surface area contributed by atoms with Crippen molar-refractivity contribution in [3.8, 4) is 0 Å². The van der Waals surface area contributed by atoms with Crippen LogP contribution in [-0.2, 0) is 0 Å². The fourth-order valence-corrected chi connectivity index (χ4v) is 1.38. The normalized spacial score (nSPS) is 15.7. The third kappa shape index (κ3) is 8.26. The van der Waals surface area contributed by atoms with Crippen LogP contribution in [0.4, 0.5) is 0 Å². The van der Waals surface area contributed by atoms with Gasteiger partial charge in [-0.2, -0.15) is 0 Å². The molecule has 0 spiro atoms. The zero-order chi connectivity index (χ0) is 10.1. The molecule has 80 valence electrons. The first-order valence-electron chi connectivity index (χ1n) is 5.67. The van der Waals surface area contributed by atoms with Crippen molar-refractivity contribution in [3.05, 3.63) is 0 Å². The van der Waals surface area contributed by atoms with Crippen molar-refractivity contribution in [3.63, 3.8) is 0 Å². The van der Waals surface area contributed by atoms with Crippen LogP contribution in [0.25, 0.3) is 0 Å². The first kappa shape index (κ1) is 12.9. The highest BCUT2D eigenvalue weighted by Gasteiger charge is 2.02. The second-order valence-corrected chi connectivity index (χ2v) is 3.95. The summed E-state index contributed by atoms with van der Waals surface area (Å²) in [4.78, 5) is 0. The van der Waals surface area contributed by atoms with Crippen LogP contribution in [0.2, 0.25) is 0 Å². The van der Waals surface area contributed by atoms with Crippen LogP contribution < -0.4 is 10.6 Å². The van der Waals surface area contributed by atoms with Crippen molar-refractivity contribution in [2.24, 2.45) is 0 Å². The second-order valence-electron chi connectivity index (χ2n) is 3.95. The molecule has 0 bridgehead atoms. The summed E-state index contributed by atoms with van der Waals surface area (Å²) >= 11 is 0. The largest absolute Gasteiger partial charge is 0.313 e. The van der Waals surface area contributed by atoms with Gasteiger partial charge in [-0.15, -0.1) is 0 Å². The molecule has 0 aliphatic rings. The van der Waals surface area contributed by atoms with Crippen LogP contribution in [-0.4, -0.2) is 25.2 Å². The summed E-state index contributed by atoms with van der Waals surface area (Å²) in [5, 5.41) is 7.00. The van der Waals surface area contributed by atoms with E-state index in [4.69, 9.17) is 0 Å². The van der Waals surface area contributed by atoms with Gasteiger partial charge in [-0.25, -0.2) is 0 Å². The highest BCUT2D eigenvalue weighted by atomic mass is 15.0. The smallest absolute Gasteiger partial charge is 0.0164 e. The Hall–Kier alpha value is -0.0800. The highest BCUT2D eigenvalue weighted by Crippen LogP contribution is 1.94. The van der Waals surface area contributed by atoms with E-state index >= 15 is 0 Å². The summed E-state index contributed by atoms with van der Waals surface area (Å²) in [6.07, 6.45) is 3.76. The molecule has 2 nitrogen and oxygen atoms in total. The standard InChI is InChI=1S/C11H26N2/c1-5-7-10(3)13-9-11(4)12-8-6-2/h10-13H,5-9H2,1-4H3. The van der Waals surface area contributed by atoms with E-state index in [1.807, 2.05) is 0 Å². The van der Waals surface area contributed by atoms with Crippen LogP contribution in [0, 0.1) is 0 Å². The topological polar surface area (TPSA) is 24.1 Å². The third-order valence-corrected chi connectivity index (χ3v) is 2.24. The van der Waals surface area contributed by atoms with Gasteiger partial charge >= 0.3 is 0 Å². The summed E-state index contributed by atoms with van der Waals surface area (Å²) in [6.45, 7) is 11.1. The molecule has 0 rings (SSSR count). The van der Waals surface area contributed by atoms with Gasteiger partial charge in [0.1, 0.15) is 0 Å². The van der Waals surface area contributed by atoms with E-state index in [-0.39, 0.29) is 0 Å². The van der Waals surface area contributed by atoms with Crippen molar-refractivity contribution >= 4 is 0 Å². The van der Waals surface area contributed by atoms with Crippen molar-refractivity contribution in [1.82, 2.24) is 10.6 Å². The number of rotatable bonds is 8. The lowest BCUT2D eigenvalue weighted by molar-refractivity contribution is 0.445. The molecule has 0 saturated heterocycles. The Labute approximate surface area is 83.5 Å². The van der Waals surface area contributed by atoms with Gasteiger partial charge in [-0.05, 0) is 33.2 Å². The number of nitrogens with one attached hydrogen (secondary N) is 2. The van der Waals surface area contributed by atoms with E-state index in [0.29, 0.717) is 12.1 Å². The van der Waals surface area contributed by atoms with E-state index in [1.165, 1.54) is 19.3 Å². The minimum absolute atomic E-state index is 0.597. The molecule has 2 unspecified atom stereocenters. The molecule has 0 aromatic carbocycles. The van der Waals surface area contributed by atoms with Gasteiger partial charge in [-0.1, -0.05) is 20.3 Å². The molecule has 0 heterocycles. The van der Waals surface area contributed by atoms with Crippen LogP contribution in [0.5, 0.6) is 0 Å². The Bertz CT molecular complexity index is 104. The first-order chi connectivity index (χ1) is 6.20. The van der Waals surface area contributed by atoms with Gasteiger partial charge in [0, 0.05) is 18.6 Å². The maximum atomic E-state index is 3.53. The summed E-state index contributed by atoms with van der Waals surface area (Å²) in [5.41, 5.74) is 0. The number of hydrogen-bond acceptors (Lipinski definition) is 2. The zero-order valence-electron chi connectivity index (χ0n) is 9.69. The quantitative estimate of drug-likeness (QED) is 0.607. The van der Waals surface area contributed by atoms with Crippen molar-refractivity contribution in [2.45, 2.75) is 59.0 Å². The second kappa shape index (κ2) is 8.52. The fraction of sp³-hybridized carbons (Fsp3) is 1.00. The molecular weight excluding hydrogens is 160 g/mol. The van der Waals surface area contributed by atoms with E-state index in [0.717, 1.165) is 13.1 Å². The van der Waals surface area contributed by atoms with Crippen molar-refractivity contribution < 1.29 is 0 Å². The molecule has 0 amide bonds. The van der Waals surface area contributed by atoms with Crippen molar-refractivity contribution in [1.29, 1.82) is 0 Å². The summed E-state index contributed by atoms with van der Waals surface area (Å²) in [7, 11) is 0. The molecule has 2 N–H and O–H groups in total. The van der Waals surface area contributed by atoms with E-state index in [9.17, 15) is 0 Å². The molecule has 0 aromatic heterocycles. The molecule has 2 heteroatoms. The highest BCUT2D eigenvalue weighted by molar-refractivity contribution is 4.67. The van der Waals surface area contributed by atoms with E-state index in [1.54, 1.807) is 0 Å². The Balaban J connectivity index is 3.29. The Morgan fingerprint density at radius 3 is 2.15 bits per heavy atom. The zero-order valence-corrected chi connectivity index (χ0v) is 9.69. The van der Waals surface area contributed by atoms with Crippen LogP contribution >= 0.6 is 0 Å². The third-order valence-electron chi connectivity index (χ3n) is 2.24. The monoisotopic (exact) mass is 186 g/mol. The lowest BCUT2D eigenvalue weighted by Gasteiger charge is -2.18. The maximum absolute atomic E-state index is 3.53. The molecular formula is C11H26N2. The van der Waals surface area contributed by atoms with Gasteiger partial charge in [0.2, 0.25) is 0 Å². The molecule has 0 aliphatic heterocycles.